The number of aryl methyl sites for hydroxylation is 1. The summed E-state index contributed by atoms with van der Waals surface area (Å²) in [4.78, 5) is 31.1. The zero-order valence-corrected chi connectivity index (χ0v) is 12.8. The molecule has 7 heteroatoms. The van der Waals surface area contributed by atoms with Gasteiger partial charge in [0.05, 0.1) is 11.1 Å². The second-order valence-corrected chi connectivity index (χ2v) is 5.86. The summed E-state index contributed by atoms with van der Waals surface area (Å²) < 4.78 is 13.1. The van der Waals surface area contributed by atoms with Gasteiger partial charge in [0.1, 0.15) is 5.82 Å². The Kier molecular flexibility index (Phi) is 4.24. The van der Waals surface area contributed by atoms with E-state index in [2.05, 4.69) is 15.3 Å². The molecule has 2 N–H and O–H groups in total. The minimum atomic E-state index is -1.09. The normalized spacial score (nSPS) is 14.9. The van der Waals surface area contributed by atoms with Crippen LogP contribution in [0.2, 0.25) is 0 Å². The summed E-state index contributed by atoms with van der Waals surface area (Å²) in [5, 5.41) is 11.8. The van der Waals surface area contributed by atoms with Gasteiger partial charge < -0.3 is 10.4 Å². The Morgan fingerprint density at radius 2 is 1.96 bits per heavy atom. The Hall–Kier alpha value is -2.83. The second kappa shape index (κ2) is 6.35. The van der Waals surface area contributed by atoms with Crippen LogP contribution in [-0.2, 0) is 16.8 Å². The first-order chi connectivity index (χ1) is 11.5. The molecule has 1 amide bonds. The van der Waals surface area contributed by atoms with Gasteiger partial charge in [0.25, 0.3) is 0 Å². The minimum Gasteiger partial charge on any atom is -0.478 e. The molecule has 0 spiro atoms. The number of rotatable bonds is 6. The molecular weight excluding hydrogens is 313 g/mol. The van der Waals surface area contributed by atoms with Crippen molar-refractivity contribution in [3.63, 3.8) is 0 Å². The van der Waals surface area contributed by atoms with Crippen LogP contribution in [0, 0.1) is 5.82 Å². The van der Waals surface area contributed by atoms with Crippen LogP contribution in [0.25, 0.3) is 0 Å². The first kappa shape index (κ1) is 16.0. The highest BCUT2D eigenvalue weighted by atomic mass is 19.1. The summed E-state index contributed by atoms with van der Waals surface area (Å²) >= 11 is 0. The molecule has 124 valence electrons. The van der Waals surface area contributed by atoms with Crippen LogP contribution in [0.1, 0.15) is 41.0 Å². The summed E-state index contributed by atoms with van der Waals surface area (Å²) in [6.07, 6.45) is 4.58. The third-order valence-electron chi connectivity index (χ3n) is 3.99. The smallest absolute Gasteiger partial charge is 0.338 e. The molecule has 0 aliphatic heterocycles. The largest absolute Gasteiger partial charge is 0.478 e. The van der Waals surface area contributed by atoms with Gasteiger partial charge in [-0.1, -0.05) is 12.1 Å². The van der Waals surface area contributed by atoms with E-state index in [1.807, 2.05) is 0 Å². The number of carboxylic acid groups (broad SMARTS) is 1. The molecule has 3 rings (SSSR count). The predicted octanol–water partition coefficient (Wildman–Crippen LogP) is 2.05. The number of carbonyl (C=O) groups is 2. The Bertz CT molecular complexity index is 773. The molecule has 1 aromatic heterocycles. The lowest BCUT2D eigenvalue weighted by Gasteiger charge is -2.16. The van der Waals surface area contributed by atoms with Crippen LogP contribution in [-0.4, -0.2) is 27.0 Å². The number of aromatic carboxylic acids is 1. The van der Waals surface area contributed by atoms with Crippen molar-refractivity contribution < 1.29 is 19.1 Å². The fourth-order valence-electron chi connectivity index (χ4n) is 2.49. The zero-order valence-electron chi connectivity index (χ0n) is 12.8. The van der Waals surface area contributed by atoms with E-state index in [-0.39, 0.29) is 23.7 Å². The molecule has 0 bridgehead atoms. The number of carbonyl (C=O) groups excluding carboxylic acids is 1. The van der Waals surface area contributed by atoms with Crippen molar-refractivity contribution in [1.82, 2.24) is 15.3 Å². The Labute approximate surface area is 137 Å². The first-order valence-corrected chi connectivity index (χ1v) is 7.60. The number of aromatic nitrogens is 2. The first-order valence-electron chi connectivity index (χ1n) is 7.60. The number of amides is 1. The van der Waals surface area contributed by atoms with Gasteiger partial charge in [-0.05, 0) is 37.0 Å². The lowest BCUT2D eigenvalue weighted by Crippen LogP contribution is -2.36. The topological polar surface area (TPSA) is 92.2 Å². The molecule has 24 heavy (non-hydrogen) atoms. The van der Waals surface area contributed by atoms with Crippen molar-refractivity contribution in [2.45, 2.75) is 31.2 Å². The fourth-order valence-corrected chi connectivity index (χ4v) is 2.49. The van der Waals surface area contributed by atoms with Gasteiger partial charge in [0.2, 0.25) is 5.91 Å². The Morgan fingerprint density at radius 3 is 2.54 bits per heavy atom. The molecule has 6 nitrogen and oxygen atoms in total. The lowest BCUT2D eigenvalue weighted by molar-refractivity contribution is -0.122. The van der Waals surface area contributed by atoms with E-state index in [1.54, 1.807) is 12.1 Å². The van der Waals surface area contributed by atoms with Crippen LogP contribution in [0.3, 0.4) is 0 Å². The number of nitrogens with zero attached hydrogens (tertiary/aromatic N) is 2. The molecule has 1 saturated carbocycles. The highest BCUT2D eigenvalue weighted by Crippen LogP contribution is 2.43. The molecule has 1 fully saturated rings. The molecular formula is C17H16FN3O3. The molecule has 0 atom stereocenters. The van der Waals surface area contributed by atoms with E-state index in [0.29, 0.717) is 25.1 Å². The second-order valence-electron chi connectivity index (χ2n) is 5.86. The summed E-state index contributed by atoms with van der Waals surface area (Å²) in [7, 11) is 0. The van der Waals surface area contributed by atoms with Gasteiger partial charge in [0.15, 0.2) is 5.82 Å². The van der Waals surface area contributed by atoms with Crippen molar-refractivity contribution in [3.8, 4) is 0 Å². The van der Waals surface area contributed by atoms with Crippen molar-refractivity contribution in [1.29, 1.82) is 0 Å². The zero-order chi connectivity index (χ0) is 17.2. The SMILES string of the molecule is O=C(CCc1cccc(F)c1)NC1(c2ncc(C(=O)O)cn2)CC1. The van der Waals surface area contributed by atoms with Crippen LogP contribution in [0.5, 0.6) is 0 Å². The quantitative estimate of drug-likeness (QED) is 0.846. The Balaban J connectivity index is 1.60. The van der Waals surface area contributed by atoms with Gasteiger partial charge in [0, 0.05) is 18.8 Å². The summed E-state index contributed by atoms with van der Waals surface area (Å²) in [5.74, 6) is -1.15. The van der Waals surface area contributed by atoms with Crippen LogP contribution < -0.4 is 5.32 Å². The van der Waals surface area contributed by atoms with Gasteiger partial charge in [-0.2, -0.15) is 0 Å². The lowest BCUT2D eigenvalue weighted by atomic mass is 10.1. The number of halogens is 1. The van der Waals surface area contributed by atoms with Crippen molar-refractivity contribution >= 4 is 11.9 Å². The number of nitrogens with one attached hydrogen (secondary N) is 1. The molecule has 1 heterocycles. The number of hydrogen-bond donors (Lipinski definition) is 2. The van der Waals surface area contributed by atoms with E-state index in [1.165, 1.54) is 24.5 Å². The molecule has 1 aliphatic rings. The molecule has 1 aromatic carbocycles. The number of hydrogen-bond acceptors (Lipinski definition) is 4. The highest BCUT2D eigenvalue weighted by molar-refractivity contribution is 5.86. The fraction of sp³-hybridized carbons (Fsp3) is 0.294. The van der Waals surface area contributed by atoms with Crippen molar-refractivity contribution in [2.24, 2.45) is 0 Å². The average Bonchev–Trinajstić information content (AvgIpc) is 3.34. The standard InChI is InChI=1S/C17H16FN3O3/c18-13-3-1-2-11(8-13)4-5-14(22)21-17(6-7-17)16-19-9-12(10-20-16)15(23)24/h1-3,8-10H,4-7H2,(H,21,22)(H,23,24). The summed E-state index contributed by atoms with van der Waals surface area (Å²) in [6.45, 7) is 0. The third kappa shape index (κ3) is 3.56. The van der Waals surface area contributed by atoms with E-state index >= 15 is 0 Å². The van der Waals surface area contributed by atoms with E-state index in [4.69, 9.17) is 5.11 Å². The van der Waals surface area contributed by atoms with Gasteiger partial charge in [-0.15, -0.1) is 0 Å². The molecule has 0 saturated heterocycles. The van der Waals surface area contributed by atoms with Crippen LogP contribution in [0.4, 0.5) is 4.39 Å². The number of carboxylic acids is 1. The molecule has 0 unspecified atom stereocenters. The van der Waals surface area contributed by atoms with E-state index in [9.17, 15) is 14.0 Å². The Morgan fingerprint density at radius 1 is 1.25 bits per heavy atom. The summed E-state index contributed by atoms with van der Waals surface area (Å²) in [6, 6.07) is 6.16. The highest BCUT2D eigenvalue weighted by Gasteiger charge is 2.48. The molecule has 1 aliphatic carbocycles. The maximum atomic E-state index is 13.1. The van der Waals surface area contributed by atoms with Crippen LogP contribution >= 0.6 is 0 Å². The maximum absolute atomic E-state index is 13.1. The number of benzene rings is 1. The van der Waals surface area contributed by atoms with Gasteiger partial charge in [-0.3, -0.25) is 4.79 Å². The van der Waals surface area contributed by atoms with Gasteiger partial charge in [-0.25, -0.2) is 19.2 Å². The van der Waals surface area contributed by atoms with E-state index in [0.717, 1.165) is 5.56 Å². The van der Waals surface area contributed by atoms with Crippen LogP contribution in [0.15, 0.2) is 36.7 Å². The minimum absolute atomic E-state index is 0.00646. The monoisotopic (exact) mass is 329 g/mol. The molecule has 0 radical (unpaired) electrons. The average molecular weight is 329 g/mol. The molecule has 2 aromatic rings. The maximum Gasteiger partial charge on any atom is 0.338 e. The van der Waals surface area contributed by atoms with E-state index < -0.39 is 11.5 Å². The van der Waals surface area contributed by atoms with Gasteiger partial charge >= 0.3 is 5.97 Å². The predicted molar refractivity (Wildman–Crippen MR) is 82.8 cm³/mol. The van der Waals surface area contributed by atoms with Crippen molar-refractivity contribution in [3.05, 3.63) is 59.4 Å². The summed E-state index contributed by atoms with van der Waals surface area (Å²) in [5.41, 5.74) is 0.166. The third-order valence-corrected chi connectivity index (χ3v) is 3.99. The van der Waals surface area contributed by atoms with Crippen molar-refractivity contribution in [2.75, 3.05) is 0 Å².